The fraction of sp³-hybridized carbons (Fsp3) is 0.923. The Balaban J connectivity index is 2.20. The van der Waals surface area contributed by atoms with Gasteiger partial charge in [0.15, 0.2) is 0 Å². The minimum atomic E-state index is -0.744. The molecule has 0 spiro atoms. The highest BCUT2D eigenvalue weighted by molar-refractivity contribution is 5.13. The van der Waals surface area contributed by atoms with Gasteiger partial charge in [-0.15, -0.1) is 0 Å². The molecule has 1 saturated carbocycles. The molecule has 3 nitrogen and oxygen atoms in total. The molecule has 16 heavy (non-hydrogen) atoms. The number of aliphatic hydroxyl groups is 1. The van der Waals surface area contributed by atoms with Crippen LogP contribution in [0.15, 0.2) is 0 Å². The lowest BCUT2D eigenvalue weighted by Crippen LogP contribution is -2.49. The van der Waals surface area contributed by atoms with Gasteiger partial charge in [0.25, 0.3) is 0 Å². The second-order valence-electron chi connectivity index (χ2n) is 5.39. The zero-order valence-electron chi connectivity index (χ0n) is 9.97. The Morgan fingerprint density at radius 1 is 0.938 bits per heavy atom. The minimum Gasteiger partial charge on any atom is -0.388 e. The smallest absolute Gasteiger partial charge is 0.0860 e. The third-order valence-electron chi connectivity index (χ3n) is 4.47. The van der Waals surface area contributed by atoms with Crippen LogP contribution in [0.1, 0.15) is 51.4 Å². The van der Waals surface area contributed by atoms with E-state index in [9.17, 15) is 10.4 Å². The van der Waals surface area contributed by atoms with Crippen LogP contribution in [0.3, 0.4) is 0 Å². The van der Waals surface area contributed by atoms with Crippen LogP contribution >= 0.6 is 0 Å². The molecule has 0 aromatic heterocycles. The highest BCUT2D eigenvalue weighted by atomic mass is 16.3. The molecule has 1 atom stereocenters. The van der Waals surface area contributed by atoms with Gasteiger partial charge in [-0.05, 0) is 45.2 Å². The SMILES string of the molecule is N#CC1(C2(O)CCCNCC2)CCCCC1. The van der Waals surface area contributed by atoms with Crippen molar-refractivity contribution >= 4 is 0 Å². The van der Waals surface area contributed by atoms with Crippen molar-refractivity contribution in [3.05, 3.63) is 0 Å². The summed E-state index contributed by atoms with van der Waals surface area (Å²) in [5.41, 5.74) is -1.21. The van der Waals surface area contributed by atoms with E-state index >= 15 is 0 Å². The molecule has 1 aliphatic heterocycles. The highest BCUT2D eigenvalue weighted by Crippen LogP contribution is 2.48. The van der Waals surface area contributed by atoms with Crippen LogP contribution in [-0.2, 0) is 0 Å². The molecule has 1 aliphatic carbocycles. The fourth-order valence-corrected chi connectivity index (χ4v) is 3.37. The number of hydrogen-bond donors (Lipinski definition) is 2. The van der Waals surface area contributed by atoms with Gasteiger partial charge >= 0.3 is 0 Å². The van der Waals surface area contributed by atoms with E-state index in [2.05, 4.69) is 11.4 Å². The largest absolute Gasteiger partial charge is 0.388 e. The van der Waals surface area contributed by atoms with Crippen molar-refractivity contribution < 1.29 is 5.11 Å². The lowest BCUT2D eigenvalue weighted by Gasteiger charge is -2.44. The molecule has 0 radical (unpaired) electrons. The molecule has 2 fully saturated rings. The van der Waals surface area contributed by atoms with Crippen molar-refractivity contribution in [1.82, 2.24) is 5.32 Å². The van der Waals surface area contributed by atoms with E-state index in [0.717, 1.165) is 58.0 Å². The van der Waals surface area contributed by atoms with Gasteiger partial charge in [0.05, 0.1) is 17.1 Å². The maximum absolute atomic E-state index is 10.9. The number of nitrogens with zero attached hydrogens (tertiary/aromatic N) is 1. The van der Waals surface area contributed by atoms with E-state index in [1.807, 2.05) is 0 Å². The monoisotopic (exact) mass is 222 g/mol. The van der Waals surface area contributed by atoms with Gasteiger partial charge < -0.3 is 10.4 Å². The van der Waals surface area contributed by atoms with Gasteiger partial charge in [-0.1, -0.05) is 19.3 Å². The zero-order chi connectivity index (χ0) is 11.5. The summed E-state index contributed by atoms with van der Waals surface area (Å²) in [5, 5.41) is 23.7. The van der Waals surface area contributed by atoms with E-state index in [0.29, 0.717) is 0 Å². The lowest BCUT2D eigenvalue weighted by molar-refractivity contribution is -0.0810. The van der Waals surface area contributed by atoms with Crippen LogP contribution in [-0.4, -0.2) is 23.8 Å². The maximum Gasteiger partial charge on any atom is 0.0860 e. The van der Waals surface area contributed by atoms with E-state index in [-0.39, 0.29) is 0 Å². The zero-order valence-corrected chi connectivity index (χ0v) is 9.97. The molecular weight excluding hydrogens is 200 g/mol. The third kappa shape index (κ3) is 1.97. The van der Waals surface area contributed by atoms with Gasteiger partial charge in [0.1, 0.15) is 0 Å². The molecule has 2 aliphatic rings. The Morgan fingerprint density at radius 3 is 2.38 bits per heavy atom. The Kier molecular flexibility index (Phi) is 3.51. The molecule has 0 amide bonds. The molecule has 90 valence electrons. The van der Waals surface area contributed by atoms with Crippen molar-refractivity contribution in [2.75, 3.05) is 13.1 Å². The second-order valence-corrected chi connectivity index (χ2v) is 5.39. The first-order chi connectivity index (χ1) is 7.72. The number of rotatable bonds is 1. The van der Waals surface area contributed by atoms with E-state index in [4.69, 9.17) is 0 Å². The lowest BCUT2D eigenvalue weighted by atomic mass is 9.61. The van der Waals surface area contributed by atoms with Crippen LogP contribution in [0.25, 0.3) is 0 Å². The Hall–Kier alpha value is -0.590. The molecule has 1 unspecified atom stereocenters. The summed E-state index contributed by atoms with van der Waals surface area (Å²) in [5.74, 6) is 0. The third-order valence-corrected chi connectivity index (χ3v) is 4.47. The molecular formula is C13H22N2O. The molecule has 2 N–H and O–H groups in total. The van der Waals surface area contributed by atoms with Gasteiger partial charge in [-0.2, -0.15) is 5.26 Å². The van der Waals surface area contributed by atoms with Crippen LogP contribution in [0.4, 0.5) is 0 Å². The normalized spacial score (nSPS) is 35.0. The van der Waals surface area contributed by atoms with Crippen LogP contribution in [0.2, 0.25) is 0 Å². The van der Waals surface area contributed by atoms with E-state index < -0.39 is 11.0 Å². The average molecular weight is 222 g/mol. The topological polar surface area (TPSA) is 56.0 Å². The van der Waals surface area contributed by atoms with Crippen LogP contribution in [0, 0.1) is 16.7 Å². The van der Waals surface area contributed by atoms with Crippen LogP contribution < -0.4 is 5.32 Å². The highest BCUT2D eigenvalue weighted by Gasteiger charge is 2.50. The first-order valence-electron chi connectivity index (χ1n) is 6.57. The summed E-state index contributed by atoms with van der Waals surface area (Å²) < 4.78 is 0. The van der Waals surface area contributed by atoms with E-state index in [1.54, 1.807) is 0 Å². The molecule has 1 saturated heterocycles. The van der Waals surface area contributed by atoms with Crippen LogP contribution in [0.5, 0.6) is 0 Å². The summed E-state index contributed by atoms with van der Waals surface area (Å²) in [7, 11) is 0. The first kappa shape index (κ1) is 11.9. The van der Waals surface area contributed by atoms with Gasteiger partial charge in [0, 0.05) is 0 Å². The number of hydrogen-bond acceptors (Lipinski definition) is 3. The van der Waals surface area contributed by atoms with Crippen molar-refractivity contribution in [3.8, 4) is 6.07 Å². The molecule has 1 heterocycles. The molecule has 0 bridgehead atoms. The summed E-state index contributed by atoms with van der Waals surface area (Å²) in [6, 6.07) is 2.48. The first-order valence-corrected chi connectivity index (χ1v) is 6.57. The van der Waals surface area contributed by atoms with Gasteiger partial charge in [0.2, 0.25) is 0 Å². The Morgan fingerprint density at radius 2 is 1.69 bits per heavy atom. The summed E-state index contributed by atoms with van der Waals surface area (Å²) >= 11 is 0. The molecule has 0 aromatic carbocycles. The van der Waals surface area contributed by atoms with Crippen molar-refractivity contribution in [2.24, 2.45) is 5.41 Å². The molecule has 2 rings (SSSR count). The summed E-state index contributed by atoms with van der Waals surface area (Å²) in [6.07, 6.45) is 7.71. The predicted molar refractivity (Wildman–Crippen MR) is 62.8 cm³/mol. The number of nitrogens with one attached hydrogen (secondary N) is 1. The standard InChI is InChI=1S/C13H22N2O/c14-11-12(5-2-1-3-6-12)13(16)7-4-9-15-10-8-13/h15-16H,1-10H2. The van der Waals surface area contributed by atoms with Crippen molar-refractivity contribution in [1.29, 1.82) is 5.26 Å². The minimum absolute atomic E-state index is 0.461. The molecule has 3 heteroatoms. The predicted octanol–water partition coefficient (Wildman–Crippen LogP) is 1.97. The summed E-state index contributed by atoms with van der Waals surface area (Å²) in [6.45, 7) is 1.82. The second kappa shape index (κ2) is 4.73. The quantitative estimate of drug-likeness (QED) is 0.713. The number of nitriles is 1. The summed E-state index contributed by atoms with van der Waals surface area (Å²) in [4.78, 5) is 0. The van der Waals surface area contributed by atoms with Gasteiger partial charge in [-0.25, -0.2) is 0 Å². The van der Waals surface area contributed by atoms with E-state index in [1.165, 1.54) is 6.42 Å². The fourth-order valence-electron chi connectivity index (χ4n) is 3.37. The Labute approximate surface area is 97.8 Å². The van der Waals surface area contributed by atoms with Crippen molar-refractivity contribution in [2.45, 2.75) is 57.0 Å². The molecule has 0 aromatic rings. The van der Waals surface area contributed by atoms with Gasteiger partial charge in [-0.3, -0.25) is 0 Å². The Bertz CT molecular complexity index is 268. The maximum atomic E-state index is 10.9. The van der Waals surface area contributed by atoms with Crippen molar-refractivity contribution in [3.63, 3.8) is 0 Å². The average Bonchev–Trinajstić information content (AvgIpc) is 2.56.